The standard InChI is InChI=1S/C20H29N3O3/c1-20(2,3)26-19(25)23-12-8-11-17(23)13-16(21-4)14-18(24)22-15-9-6-5-7-10-15/h5-7,9-10,14,17,21H,8,11-13H2,1-4H3,(H,22,24)/p+1/b16-14-/t17-/m1/s1. The molecule has 6 nitrogen and oxygen atoms in total. The van der Waals surface area contributed by atoms with Crippen LogP contribution in [0.2, 0.25) is 0 Å². The van der Waals surface area contributed by atoms with E-state index in [2.05, 4.69) is 5.32 Å². The smallest absolute Gasteiger partial charge is 0.410 e. The summed E-state index contributed by atoms with van der Waals surface area (Å²) < 4.78 is 5.50. The zero-order valence-electron chi connectivity index (χ0n) is 16.1. The van der Waals surface area contributed by atoms with Crippen molar-refractivity contribution in [3.05, 3.63) is 42.1 Å². The summed E-state index contributed by atoms with van der Waals surface area (Å²) in [6, 6.07) is 9.56. The number of carbonyl (C=O) groups is 2. The Morgan fingerprint density at radius 1 is 1.31 bits per heavy atom. The van der Waals surface area contributed by atoms with E-state index in [0.717, 1.165) is 24.2 Å². The van der Waals surface area contributed by atoms with Crippen LogP contribution in [0.25, 0.3) is 0 Å². The molecular weight excluding hydrogens is 330 g/mol. The molecule has 0 aliphatic carbocycles. The van der Waals surface area contributed by atoms with E-state index in [4.69, 9.17) is 4.74 Å². The van der Waals surface area contributed by atoms with Crippen molar-refractivity contribution in [2.24, 2.45) is 0 Å². The van der Waals surface area contributed by atoms with Gasteiger partial charge in [0.1, 0.15) is 11.3 Å². The van der Waals surface area contributed by atoms with E-state index in [1.165, 1.54) is 0 Å². The molecule has 6 heteroatoms. The number of nitrogens with one attached hydrogen (secondary N) is 1. The second-order valence-corrected chi connectivity index (χ2v) is 7.55. The first-order valence-electron chi connectivity index (χ1n) is 9.10. The minimum atomic E-state index is -0.507. The number of hydrogen-bond acceptors (Lipinski definition) is 4. The van der Waals surface area contributed by atoms with Crippen molar-refractivity contribution in [3.63, 3.8) is 0 Å². The highest BCUT2D eigenvalue weighted by Gasteiger charge is 2.32. The van der Waals surface area contributed by atoms with Crippen LogP contribution < -0.4 is 10.6 Å². The average molecular weight is 360 g/mol. The maximum atomic E-state index is 12.4. The largest absolute Gasteiger partial charge is 0.444 e. The Morgan fingerprint density at radius 2 is 2.00 bits per heavy atom. The summed E-state index contributed by atoms with van der Waals surface area (Å²) in [7, 11) is 1.80. The normalized spacial score (nSPS) is 17.9. The van der Waals surface area contributed by atoms with Gasteiger partial charge in [-0.2, -0.15) is 0 Å². The van der Waals surface area contributed by atoms with Crippen LogP contribution in [0.1, 0.15) is 40.0 Å². The Hall–Kier alpha value is -2.34. The van der Waals surface area contributed by atoms with Crippen LogP contribution in [-0.4, -0.2) is 42.1 Å². The molecule has 0 aromatic heterocycles. The first-order valence-corrected chi connectivity index (χ1v) is 9.10. The number of nitrogens with zero attached hydrogens (tertiary/aromatic N) is 1. The quantitative estimate of drug-likeness (QED) is 0.624. The number of nitrogens with two attached hydrogens (primary N) is 1. The molecule has 1 aliphatic rings. The fourth-order valence-corrected chi connectivity index (χ4v) is 3.02. The van der Waals surface area contributed by atoms with E-state index >= 15 is 0 Å². The number of primary amides is 1. The lowest BCUT2D eigenvalue weighted by molar-refractivity contribution is -0.478. The van der Waals surface area contributed by atoms with Gasteiger partial charge in [-0.05, 0) is 45.7 Å². The van der Waals surface area contributed by atoms with Crippen molar-refractivity contribution in [2.45, 2.75) is 51.7 Å². The van der Waals surface area contributed by atoms with Crippen LogP contribution >= 0.6 is 0 Å². The average Bonchev–Trinajstić information content (AvgIpc) is 3.02. The molecule has 0 radical (unpaired) electrons. The lowest BCUT2D eigenvalue weighted by Gasteiger charge is -2.29. The molecule has 0 unspecified atom stereocenters. The lowest BCUT2D eigenvalue weighted by atomic mass is 10.1. The number of ether oxygens (including phenoxy) is 1. The Balaban J connectivity index is 1.99. The van der Waals surface area contributed by atoms with Gasteiger partial charge in [0.05, 0.1) is 6.08 Å². The van der Waals surface area contributed by atoms with Gasteiger partial charge in [0.15, 0.2) is 0 Å². The molecule has 0 bridgehead atoms. The molecule has 1 aromatic carbocycles. The first kappa shape index (κ1) is 20.0. The van der Waals surface area contributed by atoms with E-state index < -0.39 is 5.60 Å². The van der Waals surface area contributed by atoms with Gasteiger partial charge in [-0.15, -0.1) is 0 Å². The van der Waals surface area contributed by atoms with Gasteiger partial charge in [0.25, 0.3) is 0 Å². The van der Waals surface area contributed by atoms with Gasteiger partial charge in [-0.25, -0.2) is 14.9 Å². The molecule has 26 heavy (non-hydrogen) atoms. The van der Waals surface area contributed by atoms with Crippen LogP contribution in [0, 0.1) is 0 Å². The van der Waals surface area contributed by atoms with Gasteiger partial charge in [-0.1, -0.05) is 18.2 Å². The van der Waals surface area contributed by atoms with Crippen molar-refractivity contribution in [1.82, 2.24) is 10.2 Å². The molecule has 2 rings (SSSR count). The monoisotopic (exact) mass is 360 g/mol. The molecule has 1 aliphatic heterocycles. The van der Waals surface area contributed by atoms with E-state index in [1.54, 1.807) is 23.3 Å². The summed E-state index contributed by atoms with van der Waals surface area (Å²) >= 11 is 0. The number of amides is 2. The summed E-state index contributed by atoms with van der Waals surface area (Å²) in [6.45, 7) is 6.30. The molecule has 1 saturated heterocycles. The molecule has 0 saturated carbocycles. The van der Waals surface area contributed by atoms with Crippen LogP contribution in [0.3, 0.4) is 0 Å². The number of para-hydroxylation sites is 1. The SMILES string of the molecule is CN/C(=C\C(=O)[NH2+]c1ccccc1)C[C@H]1CCCN1C(=O)OC(C)(C)C. The lowest BCUT2D eigenvalue weighted by Crippen LogP contribution is -2.81. The third-order valence-electron chi connectivity index (χ3n) is 4.21. The Bertz CT molecular complexity index is 650. The summed E-state index contributed by atoms with van der Waals surface area (Å²) in [4.78, 5) is 26.5. The molecule has 1 aromatic rings. The topological polar surface area (TPSA) is 75.3 Å². The van der Waals surface area contributed by atoms with E-state index in [0.29, 0.717) is 13.0 Å². The third-order valence-corrected chi connectivity index (χ3v) is 4.21. The zero-order valence-corrected chi connectivity index (χ0v) is 16.1. The number of carbonyl (C=O) groups excluding carboxylic acids is 2. The van der Waals surface area contributed by atoms with Crippen molar-refractivity contribution in [3.8, 4) is 0 Å². The molecular formula is C20H30N3O3+. The second-order valence-electron chi connectivity index (χ2n) is 7.55. The van der Waals surface area contributed by atoms with Gasteiger partial charge in [-0.3, -0.25) is 0 Å². The number of likely N-dealkylation sites (tertiary alicyclic amines) is 1. The van der Waals surface area contributed by atoms with Crippen molar-refractivity contribution >= 4 is 17.7 Å². The third kappa shape index (κ3) is 6.19. The zero-order chi connectivity index (χ0) is 19.2. The van der Waals surface area contributed by atoms with Gasteiger partial charge < -0.3 is 15.0 Å². The van der Waals surface area contributed by atoms with Crippen LogP contribution in [0.15, 0.2) is 42.1 Å². The van der Waals surface area contributed by atoms with E-state index in [9.17, 15) is 9.59 Å². The minimum absolute atomic E-state index is 0.0491. The van der Waals surface area contributed by atoms with Crippen molar-refractivity contribution in [2.75, 3.05) is 13.6 Å². The number of quaternary nitrogens is 1. The predicted molar refractivity (Wildman–Crippen MR) is 101 cm³/mol. The minimum Gasteiger partial charge on any atom is -0.444 e. The van der Waals surface area contributed by atoms with Gasteiger partial charge in [0, 0.05) is 31.8 Å². The van der Waals surface area contributed by atoms with E-state index in [1.807, 2.05) is 51.1 Å². The molecule has 1 heterocycles. The highest BCUT2D eigenvalue weighted by molar-refractivity contribution is 5.81. The Kier molecular flexibility index (Phi) is 6.80. The van der Waals surface area contributed by atoms with Gasteiger partial charge in [0.2, 0.25) is 0 Å². The summed E-state index contributed by atoms with van der Waals surface area (Å²) in [5, 5.41) is 4.70. The predicted octanol–water partition coefficient (Wildman–Crippen LogP) is 2.30. The highest BCUT2D eigenvalue weighted by atomic mass is 16.6. The summed E-state index contributed by atoms with van der Waals surface area (Å²) in [6.07, 6.45) is 3.81. The van der Waals surface area contributed by atoms with Crippen LogP contribution in [-0.2, 0) is 9.53 Å². The highest BCUT2D eigenvalue weighted by Crippen LogP contribution is 2.24. The second kappa shape index (κ2) is 8.85. The van der Waals surface area contributed by atoms with E-state index in [-0.39, 0.29) is 18.0 Å². The van der Waals surface area contributed by atoms with Crippen LogP contribution in [0.4, 0.5) is 10.5 Å². The molecule has 142 valence electrons. The Morgan fingerprint density at radius 3 is 2.62 bits per heavy atom. The van der Waals surface area contributed by atoms with Crippen molar-refractivity contribution in [1.29, 1.82) is 0 Å². The molecule has 0 spiro atoms. The molecule has 1 atom stereocenters. The molecule has 1 fully saturated rings. The molecule has 3 N–H and O–H groups in total. The summed E-state index contributed by atoms with van der Waals surface area (Å²) in [5.41, 5.74) is 1.19. The number of benzene rings is 1. The fraction of sp³-hybridized carbons (Fsp3) is 0.500. The number of rotatable bonds is 5. The number of hydrogen-bond donors (Lipinski definition) is 2. The Labute approximate surface area is 155 Å². The van der Waals surface area contributed by atoms with Gasteiger partial charge >= 0.3 is 12.0 Å². The maximum Gasteiger partial charge on any atom is 0.410 e. The first-order chi connectivity index (χ1) is 12.3. The molecule has 2 amide bonds. The fourth-order valence-electron chi connectivity index (χ4n) is 3.02. The maximum absolute atomic E-state index is 12.4. The summed E-state index contributed by atoms with van der Waals surface area (Å²) in [5.74, 6) is -0.0673. The van der Waals surface area contributed by atoms with Crippen molar-refractivity contribution < 1.29 is 19.6 Å². The van der Waals surface area contributed by atoms with Crippen LogP contribution in [0.5, 0.6) is 0 Å².